The zero-order chi connectivity index (χ0) is 70.0. The van der Waals surface area contributed by atoms with Crippen molar-refractivity contribution in [2.45, 2.75) is 147 Å². The van der Waals surface area contributed by atoms with Crippen LogP contribution in [0.1, 0.15) is 162 Å². The summed E-state index contributed by atoms with van der Waals surface area (Å²) in [7, 11) is 6.63. The second-order valence-electron chi connectivity index (χ2n) is 25.5. The molecule has 2 aromatic heterocycles. The zero-order valence-electron chi connectivity index (χ0n) is 57.1. The summed E-state index contributed by atoms with van der Waals surface area (Å²) in [5, 5.41) is 5.80. The van der Waals surface area contributed by atoms with E-state index in [9.17, 15) is 33.6 Å². The number of rotatable bonds is 28. The van der Waals surface area contributed by atoms with Crippen molar-refractivity contribution in [3.05, 3.63) is 144 Å². The molecular weight excluding hydrogens is 1260 g/mol. The van der Waals surface area contributed by atoms with Gasteiger partial charge in [0.05, 0.1) is 84.8 Å². The summed E-state index contributed by atoms with van der Waals surface area (Å²) in [6.45, 7) is 6.25. The first kappa shape index (κ1) is 71.8. The van der Waals surface area contributed by atoms with Crippen molar-refractivity contribution >= 4 is 81.6 Å². The van der Waals surface area contributed by atoms with E-state index in [1.165, 1.54) is 18.1 Å². The van der Waals surface area contributed by atoms with Crippen LogP contribution in [0.2, 0.25) is 0 Å². The SMILES string of the molecule is C=CCOC(=O)N1c2cc(OCCCCCC(=O)Nc3cc(C(=O)Cc4ccc(N)cc4)n(C)c3)c(OC)cc2C(=O)N2CCCC[C@H]2C1OC1CCCCO1.COc1cc2c(cc1OCCCCCC(=O)Nc1cc(C(=O)Cc3ccc(N)cc3)n(C)c1)N=C[C@@H]1CCCCN1C2=O. The number of ether oxygens (including phenoxy) is 7. The smallest absolute Gasteiger partial charge is 0.416 e. The van der Waals surface area contributed by atoms with Gasteiger partial charge in [0.15, 0.2) is 47.1 Å². The lowest BCUT2D eigenvalue weighted by molar-refractivity contribution is -0.198. The molecule has 4 aromatic carbocycles. The highest BCUT2D eigenvalue weighted by molar-refractivity contribution is 6.06. The van der Waals surface area contributed by atoms with Gasteiger partial charge in [0.25, 0.3) is 11.8 Å². The summed E-state index contributed by atoms with van der Waals surface area (Å²) < 4.78 is 45.0. The Hall–Kier alpha value is -9.94. The van der Waals surface area contributed by atoms with Gasteiger partial charge in [-0.25, -0.2) is 9.69 Å². The number of anilines is 5. The topological polar surface area (TPSA) is 292 Å². The van der Waals surface area contributed by atoms with Gasteiger partial charge in [0, 0.05) is 102 Å². The molecule has 7 heterocycles. The first-order valence-electron chi connectivity index (χ1n) is 34.4. The molecule has 5 aliphatic rings. The number of fused-ring (bicyclic) bond motifs is 4. The van der Waals surface area contributed by atoms with Crippen LogP contribution in [0, 0.1) is 0 Å². The first-order chi connectivity index (χ1) is 48.0. The minimum atomic E-state index is -0.856. The number of aryl methyl sites for hydroxylation is 2. The van der Waals surface area contributed by atoms with Crippen molar-refractivity contribution in [2.24, 2.45) is 19.1 Å². The molecule has 526 valence electrons. The molecule has 0 saturated carbocycles. The maximum absolute atomic E-state index is 14.2. The van der Waals surface area contributed by atoms with Gasteiger partial charge in [-0.15, -0.1) is 0 Å². The lowest BCUT2D eigenvalue weighted by Gasteiger charge is -2.42. The molecule has 5 amide bonds. The largest absolute Gasteiger partial charge is 0.493 e. The Balaban J connectivity index is 0.000000222. The molecule has 99 heavy (non-hydrogen) atoms. The Morgan fingerprint density at radius 1 is 0.626 bits per heavy atom. The van der Waals surface area contributed by atoms with E-state index in [1.807, 2.05) is 35.4 Å². The highest BCUT2D eigenvalue weighted by Gasteiger charge is 2.47. The normalized spacial score (nSPS) is 17.8. The van der Waals surface area contributed by atoms with E-state index in [0.29, 0.717) is 152 Å². The summed E-state index contributed by atoms with van der Waals surface area (Å²) in [4.78, 5) is 102. The number of ketones is 2. The lowest BCUT2D eigenvalue weighted by atomic mass is 10.00. The van der Waals surface area contributed by atoms with Crippen molar-refractivity contribution in [3.63, 3.8) is 0 Å². The van der Waals surface area contributed by atoms with E-state index in [4.69, 9.17) is 44.6 Å². The number of hydrogen-bond acceptors (Lipinski definition) is 17. The average Bonchev–Trinajstić information content (AvgIpc) is 1.63. The summed E-state index contributed by atoms with van der Waals surface area (Å²) in [5.74, 6) is 1.18. The maximum Gasteiger partial charge on any atom is 0.416 e. The minimum absolute atomic E-state index is 0.0168. The molecule has 0 aliphatic carbocycles. The Morgan fingerprint density at radius 2 is 1.16 bits per heavy atom. The minimum Gasteiger partial charge on any atom is -0.493 e. The van der Waals surface area contributed by atoms with E-state index >= 15 is 0 Å². The number of amides is 5. The Morgan fingerprint density at radius 3 is 1.72 bits per heavy atom. The molecule has 6 aromatic rings. The average molecular weight is 1360 g/mol. The van der Waals surface area contributed by atoms with Crippen LogP contribution in [0.4, 0.5) is 38.9 Å². The van der Waals surface area contributed by atoms with Gasteiger partial charge < -0.3 is 74.2 Å². The third-order valence-electron chi connectivity index (χ3n) is 18.3. The number of aliphatic imine (C=N–C) groups is 1. The number of benzene rings is 4. The number of nitrogens with two attached hydrogens (primary N) is 2. The number of Topliss-reactive ketones (excluding diaryl/α,β-unsaturated/α-hetero) is 2. The Kier molecular flexibility index (Phi) is 25.0. The molecule has 0 radical (unpaired) electrons. The second-order valence-corrected chi connectivity index (χ2v) is 25.5. The third kappa shape index (κ3) is 18.6. The number of methoxy groups -OCH3 is 2. The molecule has 0 spiro atoms. The second kappa shape index (κ2) is 34.5. The number of carbonyl (C=O) groups is 7. The van der Waals surface area contributed by atoms with Crippen LogP contribution in [0.3, 0.4) is 0 Å². The fraction of sp³-hybridized carbons (Fsp3) is 0.440. The fourth-order valence-electron chi connectivity index (χ4n) is 13.1. The monoisotopic (exact) mass is 1360 g/mol. The van der Waals surface area contributed by atoms with Gasteiger partial charge in [-0.05, 0) is 156 Å². The Labute approximate surface area is 577 Å². The van der Waals surface area contributed by atoms with E-state index in [2.05, 4.69) is 22.2 Å². The van der Waals surface area contributed by atoms with Gasteiger partial charge in [0.1, 0.15) is 6.61 Å². The molecule has 0 bridgehead atoms. The van der Waals surface area contributed by atoms with Crippen molar-refractivity contribution in [2.75, 3.05) is 80.7 Å². The van der Waals surface area contributed by atoms with Gasteiger partial charge in [-0.1, -0.05) is 36.9 Å². The molecule has 3 fully saturated rings. The van der Waals surface area contributed by atoms with Gasteiger partial charge >= 0.3 is 6.09 Å². The van der Waals surface area contributed by atoms with E-state index in [0.717, 1.165) is 75.5 Å². The van der Waals surface area contributed by atoms with E-state index in [-0.39, 0.29) is 66.2 Å². The highest BCUT2D eigenvalue weighted by Crippen LogP contribution is 2.43. The van der Waals surface area contributed by atoms with E-state index in [1.54, 1.807) is 108 Å². The summed E-state index contributed by atoms with van der Waals surface area (Å²) in [5.41, 5.74) is 18.4. The van der Waals surface area contributed by atoms with Crippen molar-refractivity contribution in [1.29, 1.82) is 0 Å². The molecule has 6 N–H and O–H groups in total. The maximum atomic E-state index is 14.2. The number of carbonyl (C=O) groups excluding carboxylic acids is 7. The first-order valence-corrected chi connectivity index (χ1v) is 34.4. The number of nitrogens with zero attached hydrogens (tertiary/aromatic N) is 6. The third-order valence-corrected chi connectivity index (χ3v) is 18.3. The van der Waals surface area contributed by atoms with Gasteiger partial charge in [-0.2, -0.15) is 0 Å². The predicted octanol–water partition coefficient (Wildman–Crippen LogP) is 12.0. The van der Waals surface area contributed by atoms with Crippen molar-refractivity contribution in [3.8, 4) is 23.0 Å². The van der Waals surface area contributed by atoms with Crippen LogP contribution < -0.4 is 45.9 Å². The van der Waals surface area contributed by atoms with Gasteiger partial charge in [-0.3, -0.25) is 33.8 Å². The van der Waals surface area contributed by atoms with Crippen LogP contribution in [-0.2, 0) is 50.7 Å². The summed E-state index contributed by atoms with van der Waals surface area (Å²) in [6, 6.07) is 24.2. The van der Waals surface area contributed by atoms with Crippen LogP contribution in [0.15, 0.2) is 115 Å². The quantitative estimate of drug-likeness (QED) is 0.0154. The Bertz CT molecular complexity index is 3880. The van der Waals surface area contributed by atoms with Crippen LogP contribution in [-0.4, -0.2) is 145 Å². The molecule has 24 heteroatoms. The summed E-state index contributed by atoms with van der Waals surface area (Å²) in [6.07, 6.45) is 18.1. The molecule has 5 aliphatic heterocycles. The number of hydrogen-bond donors (Lipinski definition) is 4. The standard InChI is InChI=1S/C42H53N5O9.C33H39N5O5/c1-4-20-55-42(51)47-33-26-37(36(52-3)25-31(33)40(50)46-19-9-7-12-32(46)41(47)56-39-14-8-11-22-54-39)53-21-10-5-6-13-38(49)44-30-24-34(45(2)27-30)35(48)23-28-15-17-29(43)18-16-28;1-37-21-24(17-28(37)29(39)16-22-10-12-23(34)13-11-22)36-32(40)9-4-3-7-15-43-31-19-27-26(18-30(31)42-2)33(41)38-14-6-5-8-25(38)20-35-27/h4,15-18,24-27,32,39,41H,1,5-14,19-23,43H2,2-3H3,(H,44,49);10-13,17-21,25H,3-9,14-16,34H2,1-2H3,(H,36,40)/t32-,39?,41?;25-/m00/s1. The highest BCUT2D eigenvalue weighted by atomic mass is 16.7. The van der Waals surface area contributed by atoms with Crippen molar-refractivity contribution in [1.82, 2.24) is 18.9 Å². The van der Waals surface area contributed by atoms with Crippen LogP contribution in [0.25, 0.3) is 0 Å². The van der Waals surface area contributed by atoms with E-state index < -0.39 is 24.7 Å². The molecule has 4 atom stereocenters. The fourth-order valence-corrected chi connectivity index (χ4v) is 13.1. The molecule has 24 nitrogen and oxygen atoms in total. The van der Waals surface area contributed by atoms with Crippen LogP contribution in [0.5, 0.6) is 23.0 Å². The number of aromatic nitrogens is 2. The number of nitrogen functional groups attached to an aromatic ring is 2. The van der Waals surface area contributed by atoms with Crippen molar-refractivity contribution < 1.29 is 66.7 Å². The molecular formula is C75H92N10O14. The predicted molar refractivity (Wildman–Crippen MR) is 378 cm³/mol. The molecule has 2 unspecified atom stereocenters. The number of unbranched alkanes of at least 4 members (excludes halogenated alkanes) is 4. The molecule has 3 saturated heterocycles. The van der Waals surface area contributed by atoms with Crippen LogP contribution >= 0.6 is 0 Å². The lowest BCUT2D eigenvalue weighted by Crippen LogP contribution is -2.57. The molecule has 11 rings (SSSR count). The number of piperidine rings is 2. The van der Waals surface area contributed by atoms with Gasteiger partial charge in [0.2, 0.25) is 11.8 Å². The zero-order valence-corrected chi connectivity index (χ0v) is 57.1. The number of nitrogens with one attached hydrogen (secondary N) is 2. The summed E-state index contributed by atoms with van der Waals surface area (Å²) >= 11 is 0.